The first kappa shape index (κ1) is 14.2. The summed E-state index contributed by atoms with van der Waals surface area (Å²) in [4.78, 5) is 13.8. The molecule has 0 unspecified atom stereocenters. The monoisotopic (exact) mass is 285 g/mol. The SMILES string of the molecule is CSc1nnc([C@@H]2CCCN2C(=O)OC(C)(C)C)o1. The second-order valence-electron chi connectivity index (χ2n) is 5.44. The van der Waals surface area contributed by atoms with Gasteiger partial charge in [0.05, 0.1) is 0 Å². The van der Waals surface area contributed by atoms with Crippen molar-refractivity contribution in [3.63, 3.8) is 0 Å². The summed E-state index contributed by atoms with van der Waals surface area (Å²) in [6, 6.07) is -0.164. The van der Waals surface area contributed by atoms with Crippen molar-refractivity contribution in [3.8, 4) is 0 Å². The van der Waals surface area contributed by atoms with Gasteiger partial charge in [-0.1, -0.05) is 11.8 Å². The van der Waals surface area contributed by atoms with Crippen LogP contribution in [0, 0.1) is 0 Å². The fraction of sp³-hybridized carbons (Fsp3) is 0.750. The Balaban J connectivity index is 2.10. The Morgan fingerprint density at radius 2 is 2.21 bits per heavy atom. The van der Waals surface area contributed by atoms with Crippen molar-refractivity contribution in [1.29, 1.82) is 0 Å². The van der Waals surface area contributed by atoms with E-state index in [9.17, 15) is 4.79 Å². The van der Waals surface area contributed by atoms with E-state index in [2.05, 4.69) is 10.2 Å². The highest BCUT2D eigenvalue weighted by Gasteiger charge is 2.36. The first-order chi connectivity index (χ1) is 8.90. The molecule has 2 rings (SSSR count). The molecule has 2 heterocycles. The predicted molar refractivity (Wildman–Crippen MR) is 71.0 cm³/mol. The molecular weight excluding hydrogens is 266 g/mol. The number of rotatable bonds is 2. The smallest absolute Gasteiger partial charge is 0.410 e. The predicted octanol–water partition coefficient (Wildman–Crippen LogP) is 2.86. The standard InChI is InChI=1S/C12H19N3O3S/c1-12(2,3)18-11(16)15-7-5-6-8(15)9-13-14-10(17-9)19-4/h8H,5-7H2,1-4H3/t8-/m0/s1. The molecule has 0 aliphatic carbocycles. The van der Waals surface area contributed by atoms with Crippen molar-refractivity contribution in [2.45, 2.75) is 50.5 Å². The second-order valence-corrected chi connectivity index (χ2v) is 6.20. The van der Waals surface area contributed by atoms with Crippen LogP contribution in [0.3, 0.4) is 0 Å². The minimum Gasteiger partial charge on any atom is -0.444 e. The van der Waals surface area contributed by atoms with Crippen molar-refractivity contribution < 1.29 is 13.9 Å². The number of carbonyl (C=O) groups excluding carboxylic acids is 1. The zero-order valence-corrected chi connectivity index (χ0v) is 12.5. The Kier molecular flexibility index (Phi) is 4.03. The molecule has 1 amide bonds. The number of likely N-dealkylation sites (tertiary alicyclic amines) is 1. The Labute approximate surface area is 116 Å². The quantitative estimate of drug-likeness (QED) is 0.778. The van der Waals surface area contributed by atoms with Gasteiger partial charge < -0.3 is 9.15 Å². The number of thioether (sulfide) groups is 1. The summed E-state index contributed by atoms with van der Waals surface area (Å²) < 4.78 is 10.9. The Hall–Kier alpha value is -1.24. The number of amides is 1. The van der Waals surface area contributed by atoms with Gasteiger partial charge in [0.1, 0.15) is 11.6 Å². The van der Waals surface area contributed by atoms with Crippen LogP contribution in [0.1, 0.15) is 45.5 Å². The Morgan fingerprint density at radius 1 is 1.47 bits per heavy atom. The summed E-state index contributed by atoms with van der Waals surface area (Å²) in [5, 5.41) is 8.45. The van der Waals surface area contributed by atoms with Crippen molar-refractivity contribution in [2.24, 2.45) is 0 Å². The van der Waals surface area contributed by atoms with Gasteiger partial charge in [-0.25, -0.2) is 4.79 Å². The topological polar surface area (TPSA) is 68.5 Å². The number of hydrogen-bond donors (Lipinski definition) is 0. The van der Waals surface area contributed by atoms with Gasteiger partial charge >= 0.3 is 6.09 Å². The zero-order valence-electron chi connectivity index (χ0n) is 11.7. The summed E-state index contributed by atoms with van der Waals surface area (Å²) in [6.45, 7) is 6.23. The zero-order chi connectivity index (χ0) is 14.0. The molecular formula is C12H19N3O3S. The van der Waals surface area contributed by atoms with Crippen molar-refractivity contribution in [2.75, 3.05) is 12.8 Å². The first-order valence-corrected chi connectivity index (χ1v) is 7.50. The van der Waals surface area contributed by atoms with Gasteiger partial charge in [-0.15, -0.1) is 10.2 Å². The molecule has 1 fully saturated rings. The molecule has 0 bridgehead atoms. The van der Waals surface area contributed by atoms with Gasteiger partial charge in [0.25, 0.3) is 5.22 Å². The van der Waals surface area contributed by atoms with E-state index in [0.717, 1.165) is 12.8 Å². The van der Waals surface area contributed by atoms with E-state index in [4.69, 9.17) is 9.15 Å². The van der Waals surface area contributed by atoms with Gasteiger partial charge in [-0.05, 0) is 39.9 Å². The van der Waals surface area contributed by atoms with Crippen LogP contribution in [0.25, 0.3) is 0 Å². The third kappa shape index (κ3) is 3.40. The van der Waals surface area contributed by atoms with Crippen LogP contribution < -0.4 is 0 Å². The molecule has 106 valence electrons. The van der Waals surface area contributed by atoms with Crippen LogP contribution in [0.15, 0.2) is 9.64 Å². The highest BCUT2D eigenvalue weighted by atomic mass is 32.2. The molecule has 1 aliphatic rings. The lowest BCUT2D eigenvalue weighted by atomic mass is 10.2. The lowest BCUT2D eigenvalue weighted by Crippen LogP contribution is -2.36. The third-order valence-electron chi connectivity index (χ3n) is 2.76. The van der Waals surface area contributed by atoms with E-state index in [0.29, 0.717) is 17.7 Å². The summed E-state index contributed by atoms with van der Waals surface area (Å²) in [6.07, 6.45) is 3.30. The molecule has 1 atom stereocenters. The maximum atomic E-state index is 12.1. The van der Waals surface area contributed by atoms with E-state index >= 15 is 0 Å². The van der Waals surface area contributed by atoms with Crippen molar-refractivity contribution in [3.05, 3.63) is 5.89 Å². The summed E-state index contributed by atoms with van der Waals surface area (Å²) >= 11 is 1.39. The Bertz CT molecular complexity index is 455. The third-order valence-corrected chi connectivity index (χ3v) is 3.28. The van der Waals surface area contributed by atoms with Gasteiger partial charge in [-0.2, -0.15) is 0 Å². The second kappa shape index (κ2) is 5.40. The highest BCUT2D eigenvalue weighted by Crippen LogP contribution is 2.33. The van der Waals surface area contributed by atoms with E-state index in [1.807, 2.05) is 27.0 Å². The molecule has 7 heteroatoms. The van der Waals surface area contributed by atoms with Crippen LogP contribution in [-0.2, 0) is 4.74 Å². The van der Waals surface area contributed by atoms with Crippen LogP contribution >= 0.6 is 11.8 Å². The van der Waals surface area contributed by atoms with Crippen molar-refractivity contribution in [1.82, 2.24) is 15.1 Å². The molecule has 0 radical (unpaired) electrons. The molecule has 1 saturated heterocycles. The maximum Gasteiger partial charge on any atom is 0.410 e. The average Bonchev–Trinajstić information content (AvgIpc) is 2.95. The fourth-order valence-corrected chi connectivity index (χ4v) is 2.29. The normalized spacial score (nSPS) is 19.8. The van der Waals surface area contributed by atoms with Crippen LogP contribution in [0.4, 0.5) is 4.79 Å². The molecule has 0 spiro atoms. The largest absolute Gasteiger partial charge is 0.444 e. The molecule has 6 nitrogen and oxygen atoms in total. The summed E-state index contributed by atoms with van der Waals surface area (Å²) in [5.41, 5.74) is -0.497. The highest BCUT2D eigenvalue weighted by molar-refractivity contribution is 7.98. The minimum absolute atomic E-state index is 0.164. The minimum atomic E-state index is -0.497. The molecule has 0 N–H and O–H groups in total. The molecule has 0 aromatic carbocycles. The first-order valence-electron chi connectivity index (χ1n) is 6.28. The van der Waals surface area contributed by atoms with Gasteiger partial charge in [0.2, 0.25) is 5.89 Å². The number of aromatic nitrogens is 2. The number of hydrogen-bond acceptors (Lipinski definition) is 6. The van der Waals surface area contributed by atoms with Crippen molar-refractivity contribution >= 4 is 17.9 Å². The molecule has 1 aromatic rings. The van der Waals surface area contributed by atoms with E-state index < -0.39 is 5.60 Å². The maximum absolute atomic E-state index is 12.1. The van der Waals surface area contributed by atoms with E-state index in [1.54, 1.807) is 4.90 Å². The fourth-order valence-electron chi connectivity index (χ4n) is 2.00. The van der Waals surface area contributed by atoms with Gasteiger partial charge in [0.15, 0.2) is 0 Å². The van der Waals surface area contributed by atoms with Crippen LogP contribution in [0.2, 0.25) is 0 Å². The van der Waals surface area contributed by atoms with Crippen LogP contribution in [0.5, 0.6) is 0 Å². The number of carbonyl (C=O) groups is 1. The molecule has 1 aromatic heterocycles. The van der Waals surface area contributed by atoms with Gasteiger partial charge in [-0.3, -0.25) is 4.90 Å². The van der Waals surface area contributed by atoms with E-state index in [-0.39, 0.29) is 12.1 Å². The summed E-state index contributed by atoms with van der Waals surface area (Å²) in [5.74, 6) is 0.493. The molecule has 1 aliphatic heterocycles. The van der Waals surface area contributed by atoms with Gasteiger partial charge in [0, 0.05) is 6.54 Å². The van der Waals surface area contributed by atoms with Crippen LogP contribution in [-0.4, -0.2) is 39.6 Å². The molecule has 19 heavy (non-hydrogen) atoms. The lowest BCUT2D eigenvalue weighted by molar-refractivity contribution is 0.0201. The Morgan fingerprint density at radius 3 is 2.79 bits per heavy atom. The van der Waals surface area contributed by atoms with E-state index in [1.165, 1.54) is 11.8 Å². The lowest BCUT2D eigenvalue weighted by Gasteiger charge is -2.27. The number of nitrogens with zero attached hydrogens (tertiary/aromatic N) is 3. The average molecular weight is 285 g/mol. The summed E-state index contributed by atoms with van der Waals surface area (Å²) in [7, 11) is 0. The molecule has 0 saturated carbocycles. The number of ether oxygens (including phenoxy) is 1.